The predicted molar refractivity (Wildman–Crippen MR) is 67.7 cm³/mol. The summed E-state index contributed by atoms with van der Waals surface area (Å²) in [6.07, 6.45) is 3.82. The third-order valence-corrected chi connectivity index (χ3v) is 4.49. The molecular weight excluding hydrogens is 198 g/mol. The fourth-order valence-electron chi connectivity index (χ4n) is 3.77. The normalized spacial score (nSPS) is 43.6. The maximum absolute atomic E-state index is 6.20. The van der Waals surface area contributed by atoms with Gasteiger partial charge in [0.05, 0.1) is 6.04 Å². The zero-order valence-corrected chi connectivity index (χ0v) is 11.3. The minimum absolute atomic E-state index is 0.00984. The average Bonchev–Trinajstić information content (AvgIpc) is 2.41. The molecule has 0 radical (unpaired) electrons. The van der Waals surface area contributed by atoms with Crippen molar-refractivity contribution in [2.45, 2.75) is 65.5 Å². The van der Waals surface area contributed by atoms with Gasteiger partial charge >= 0.3 is 0 Å². The van der Waals surface area contributed by atoms with Gasteiger partial charge in [-0.3, -0.25) is 0 Å². The second kappa shape index (κ2) is 4.05. The second-order valence-corrected chi connectivity index (χ2v) is 6.12. The lowest BCUT2D eigenvalue weighted by molar-refractivity contribution is -0.0655. The van der Waals surface area contributed by atoms with Gasteiger partial charge in [-0.05, 0) is 31.6 Å². The SMILES string of the molecule is CC1=N[C@H](C)[C@@]2(C[C@H](C)CC[C@H]2C(C)C)O1. The van der Waals surface area contributed by atoms with Gasteiger partial charge < -0.3 is 4.74 Å². The zero-order chi connectivity index (χ0) is 11.9. The average molecular weight is 223 g/mol. The number of hydrogen-bond acceptors (Lipinski definition) is 2. The molecule has 0 N–H and O–H groups in total. The lowest BCUT2D eigenvalue weighted by Gasteiger charge is -2.46. The molecule has 2 rings (SSSR count). The molecule has 1 aliphatic heterocycles. The number of rotatable bonds is 1. The Bertz CT molecular complexity index is 297. The largest absolute Gasteiger partial charge is 0.472 e. The van der Waals surface area contributed by atoms with E-state index >= 15 is 0 Å². The van der Waals surface area contributed by atoms with Crippen molar-refractivity contribution in [3.8, 4) is 0 Å². The Labute approximate surface area is 99.5 Å². The van der Waals surface area contributed by atoms with Crippen molar-refractivity contribution >= 4 is 5.90 Å². The van der Waals surface area contributed by atoms with Crippen LogP contribution >= 0.6 is 0 Å². The van der Waals surface area contributed by atoms with Gasteiger partial charge in [-0.1, -0.05) is 27.2 Å². The fourth-order valence-corrected chi connectivity index (χ4v) is 3.77. The molecule has 0 aromatic heterocycles. The summed E-state index contributed by atoms with van der Waals surface area (Å²) >= 11 is 0. The molecule has 1 aliphatic carbocycles. The number of aliphatic imine (C=N–C) groups is 1. The Balaban J connectivity index is 2.27. The van der Waals surface area contributed by atoms with E-state index in [0.717, 1.165) is 11.8 Å². The van der Waals surface area contributed by atoms with Gasteiger partial charge in [-0.2, -0.15) is 0 Å². The van der Waals surface area contributed by atoms with E-state index in [1.807, 2.05) is 6.92 Å². The molecule has 1 saturated carbocycles. The maximum atomic E-state index is 6.20. The van der Waals surface area contributed by atoms with Crippen LogP contribution in [0.15, 0.2) is 4.99 Å². The first kappa shape index (κ1) is 11.9. The molecule has 0 amide bonds. The summed E-state index contributed by atoms with van der Waals surface area (Å²) < 4.78 is 6.20. The van der Waals surface area contributed by atoms with Crippen molar-refractivity contribution in [1.82, 2.24) is 0 Å². The quantitative estimate of drug-likeness (QED) is 0.665. The van der Waals surface area contributed by atoms with Crippen LogP contribution in [0.3, 0.4) is 0 Å². The monoisotopic (exact) mass is 223 g/mol. The van der Waals surface area contributed by atoms with Crippen LogP contribution in [0.25, 0.3) is 0 Å². The van der Waals surface area contributed by atoms with Crippen molar-refractivity contribution in [3.63, 3.8) is 0 Å². The first-order valence-corrected chi connectivity index (χ1v) is 6.69. The van der Waals surface area contributed by atoms with Crippen LogP contribution in [-0.2, 0) is 4.74 Å². The van der Waals surface area contributed by atoms with Gasteiger partial charge in [-0.25, -0.2) is 4.99 Å². The summed E-state index contributed by atoms with van der Waals surface area (Å²) in [6.45, 7) is 11.2. The summed E-state index contributed by atoms with van der Waals surface area (Å²) in [4.78, 5) is 4.63. The minimum atomic E-state index is 0.00984. The van der Waals surface area contributed by atoms with Crippen molar-refractivity contribution in [2.24, 2.45) is 22.7 Å². The Morgan fingerprint density at radius 3 is 2.50 bits per heavy atom. The number of ether oxygens (including phenoxy) is 1. The zero-order valence-electron chi connectivity index (χ0n) is 11.3. The van der Waals surface area contributed by atoms with Crippen LogP contribution in [0.1, 0.15) is 53.9 Å². The molecular formula is C14H25NO. The van der Waals surface area contributed by atoms with E-state index in [2.05, 4.69) is 32.7 Å². The highest BCUT2D eigenvalue weighted by atomic mass is 16.5. The first-order valence-electron chi connectivity index (χ1n) is 6.69. The maximum Gasteiger partial charge on any atom is 0.181 e. The molecule has 16 heavy (non-hydrogen) atoms. The Morgan fingerprint density at radius 1 is 1.31 bits per heavy atom. The number of hydrogen-bond donors (Lipinski definition) is 0. The molecule has 0 saturated heterocycles. The molecule has 2 nitrogen and oxygen atoms in total. The standard InChI is InChI=1S/C14H25NO/c1-9(2)13-7-6-10(3)8-14(13)11(4)15-12(5)16-14/h9-11,13H,6-8H2,1-5H3/t10-,11-,13+,14-/m1/s1. The van der Waals surface area contributed by atoms with E-state index in [0.29, 0.717) is 17.9 Å². The lowest BCUT2D eigenvalue weighted by atomic mass is 9.64. The van der Waals surface area contributed by atoms with Crippen LogP contribution < -0.4 is 0 Å². The molecule has 0 bridgehead atoms. The third-order valence-electron chi connectivity index (χ3n) is 4.49. The van der Waals surface area contributed by atoms with Gasteiger partial charge in [-0.15, -0.1) is 0 Å². The molecule has 4 atom stereocenters. The van der Waals surface area contributed by atoms with E-state index < -0.39 is 0 Å². The smallest absolute Gasteiger partial charge is 0.181 e. The highest BCUT2D eigenvalue weighted by Crippen LogP contribution is 2.48. The van der Waals surface area contributed by atoms with Crippen LogP contribution in [-0.4, -0.2) is 17.5 Å². The molecule has 2 heteroatoms. The van der Waals surface area contributed by atoms with Gasteiger partial charge in [0.1, 0.15) is 5.60 Å². The van der Waals surface area contributed by atoms with E-state index in [4.69, 9.17) is 4.74 Å². The van der Waals surface area contributed by atoms with Crippen LogP contribution in [0.5, 0.6) is 0 Å². The Kier molecular flexibility index (Phi) is 3.02. The highest BCUT2D eigenvalue weighted by Gasteiger charge is 2.52. The Morgan fingerprint density at radius 2 is 2.00 bits per heavy atom. The first-order chi connectivity index (χ1) is 7.45. The van der Waals surface area contributed by atoms with Crippen molar-refractivity contribution < 1.29 is 4.74 Å². The molecule has 2 aliphatic rings. The van der Waals surface area contributed by atoms with Gasteiger partial charge in [0, 0.05) is 12.8 Å². The summed E-state index contributed by atoms with van der Waals surface area (Å²) in [5.74, 6) is 3.03. The highest BCUT2D eigenvalue weighted by molar-refractivity contribution is 5.76. The van der Waals surface area contributed by atoms with E-state index in [-0.39, 0.29) is 5.60 Å². The lowest BCUT2D eigenvalue weighted by Crippen LogP contribution is -2.52. The molecule has 0 aromatic rings. The fraction of sp³-hybridized carbons (Fsp3) is 0.929. The van der Waals surface area contributed by atoms with Gasteiger partial charge in [0.25, 0.3) is 0 Å². The van der Waals surface area contributed by atoms with E-state index in [1.165, 1.54) is 19.3 Å². The van der Waals surface area contributed by atoms with Crippen LogP contribution in [0.2, 0.25) is 0 Å². The predicted octanol–water partition coefficient (Wildman–Crippen LogP) is 3.65. The van der Waals surface area contributed by atoms with Gasteiger partial charge in [0.15, 0.2) is 5.90 Å². The third kappa shape index (κ3) is 1.76. The minimum Gasteiger partial charge on any atom is -0.472 e. The molecule has 1 heterocycles. The summed E-state index contributed by atoms with van der Waals surface area (Å²) in [7, 11) is 0. The van der Waals surface area contributed by atoms with E-state index in [9.17, 15) is 0 Å². The summed E-state index contributed by atoms with van der Waals surface area (Å²) in [6, 6.07) is 0.336. The van der Waals surface area contributed by atoms with Crippen LogP contribution in [0, 0.1) is 17.8 Å². The molecule has 1 spiro atoms. The topological polar surface area (TPSA) is 21.6 Å². The molecule has 0 unspecified atom stereocenters. The van der Waals surface area contributed by atoms with E-state index in [1.54, 1.807) is 0 Å². The second-order valence-electron chi connectivity index (χ2n) is 6.12. The van der Waals surface area contributed by atoms with Crippen molar-refractivity contribution in [3.05, 3.63) is 0 Å². The van der Waals surface area contributed by atoms with Crippen molar-refractivity contribution in [1.29, 1.82) is 0 Å². The molecule has 0 aromatic carbocycles. The molecule has 1 fully saturated rings. The van der Waals surface area contributed by atoms with Crippen LogP contribution in [0.4, 0.5) is 0 Å². The van der Waals surface area contributed by atoms with Crippen molar-refractivity contribution in [2.75, 3.05) is 0 Å². The number of nitrogens with zero attached hydrogens (tertiary/aromatic N) is 1. The Hall–Kier alpha value is -0.530. The van der Waals surface area contributed by atoms with Gasteiger partial charge in [0.2, 0.25) is 0 Å². The molecule has 92 valence electrons. The summed E-state index contributed by atoms with van der Waals surface area (Å²) in [5.41, 5.74) is 0.00984. The summed E-state index contributed by atoms with van der Waals surface area (Å²) in [5, 5.41) is 0.